The summed E-state index contributed by atoms with van der Waals surface area (Å²) in [5.74, 6) is 0.269. The molecule has 2 aromatic heterocycles. The van der Waals surface area contributed by atoms with Crippen molar-refractivity contribution in [3.8, 4) is 0 Å². The molecular weight excluding hydrogens is 324 g/mol. The Labute approximate surface area is 144 Å². The number of nitrogens with zero attached hydrogens (tertiary/aromatic N) is 2. The molecular formula is C17H22N4O2S. The van der Waals surface area contributed by atoms with Gasteiger partial charge in [0.15, 0.2) is 0 Å². The second-order valence-corrected chi connectivity index (χ2v) is 7.28. The Kier molecular flexibility index (Phi) is 5.42. The van der Waals surface area contributed by atoms with E-state index in [1.165, 1.54) is 6.07 Å². The van der Waals surface area contributed by atoms with Gasteiger partial charge in [0.25, 0.3) is 5.91 Å². The largest absolute Gasteiger partial charge is 0.350 e. The Balaban J connectivity index is 1.42. The molecule has 24 heavy (non-hydrogen) atoms. The van der Waals surface area contributed by atoms with Crippen molar-refractivity contribution < 1.29 is 4.79 Å². The van der Waals surface area contributed by atoms with Crippen LogP contribution >= 0.6 is 11.3 Å². The van der Waals surface area contributed by atoms with Crippen LogP contribution in [0.15, 0.2) is 28.4 Å². The third-order valence-corrected chi connectivity index (χ3v) is 5.15. The van der Waals surface area contributed by atoms with Crippen LogP contribution in [-0.2, 0) is 6.54 Å². The third kappa shape index (κ3) is 4.52. The number of rotatable bonds is 5. The number of H-pyrrole nitrogens is 1. The van der Waals surface area contributed by atoms with E-state index in [1.54, 1.807) is 23.5 Å². The molecule has 2 aromatic rings. The number of hydrogen-bond donors (Lipinski definition) is 2. The molecule has 6 nitrogen and oxygen atoms in total. The molecule has 0 unspecified atom stereocenters. The van der Waals surface area contributed by atoms with Gasteiger partial charge in [-0.3, -0.25) is 14.5 Å². The lowest BCUT2D eigenvalue weighted by Gasteiger charge is -2.31. The normalized spacial score (nSPS) is 16.2. The van der Waals surface area contributed by atoms with Gasteiger partial charge in [0.05, 0.1) is 10.7 Å². The van der Waals surface area contributed by atoms with E-state index in [1.807, 2.05) is 6.92 Å². The summed E-state index contributed by atoms with van der Waals surface area (Å²) in [7, 11) is 0. The Hall–Kier alpha value is -1.99. The molecule has 0 saturated carbocycles. The van der Waals surface area contributed by atoms with E-state index in [4.69, 9.17) is 0 Å². The average molecular weight is 346 g/mol. The fraction of sp³-hybridized carbons (Fsp3) is 0.471. The monoisotopic (exact) mass is 346 g/mol. The predicted octanol–water partition coefficient (Wildman–Crippen LogP) is 1.78. The minimum atomic E-state index is -0.256. The molecule has 1 aliphatic heterocycles. The van der Waals surface area contributed by atoms with E-state index in [2.05, 4.69) is 25.6 Å². The highest BCUT2D eigenvalue weighted by Crippen LogP contribution is 2.19. The first-order valence-corrected chi connectivity index (χ1v) is 9.09. The number of thiazole rings is 1. The molecule has 0 bridgehead atoms. The van der Waals surface area contributed by atoms with Crippen LogP contribution < -0.4 is 10.9 Å². The first kappa shape index (κ1) is 16.9. The van der Waals surface area contributed by atoms with E-state index >= 15 is 0 Å². The molecule has 3 rings (SSSR count). The first-order chi connectivity index (χ1) is 11.6. The van der Waals surface area contributed by atoms with Crippen molar-refractivity contribution in [3.05, 3.63) is 50.3 Å². The van der Waals surface area contributed by atoms with Crippen molar-refractivity contribution in [1.82, 2.24) is 20.2 Å². The van der Waals surface area contributed by atoms with Crippen molar-refractivity contribution in [2.24, 2.45) is 5.92 Å². The van der Waals surface area contributed by atoms with Gasteiger partial charge in [0.1, 0.15) is 5.69 Å². The summed E-state index contributed by atoms with van der Waals surface area (Å²) in [6, 6.07) is 4.61. The van der Waals surface area contributed by atoms with Crippen molar-refractivity contribution in [1.29, 1.82) is 0 Å². The summed E-state index contributed by atoms with van der Waals surface area (Å²) in [4.78, 5) is 32.8. The lowest BCUT2D eigenvalue weighted by molar-refractivity contribution is 0.0930. The molecule has 7 heteroatoms. The summed E-state index contributed by atoms with van der Waals surface area (Å²) in [5.41, 5.74) is 1.21. The Morgan fingerprint density at radius 1 is 1.42 bits per heavy atom. The Morgan fingerprint density at radius 3 is 2.88 bits per heavy atom. The number of amides is 1. The van der Waals surface area contributed by atoms with Gasteiger partial charge in [-0.2, -0.15) is 0 Å². The number of hydrogen-bond acceptors (Lipinski definition) is 5. The number of nitrogens with one attached hydrogen (secondary N) is 2. The second-order valence-electron chi connectivity index (χ2n) is 6.22. The van der Waals surface area contributed by atoms with Gasteiger partial charge in [-0.15, -0.1) is 11.3 Å². The molecule has 0 atom stereocenters. The van der Waals surface area contributed by atoms with Gasteiger partial charge in [-0.25, -0.2) is 4.98 Å². The minimum Gasteiger partial charge on any atom is -0.350 e. The molecule has 3 heterocycles. The maximum absolute atomic E-state index is 12.0. The number of likely N-dealkylation sites (tertiary alicyclic amines) is 1. The molecule has 2 N–H and O–H groups in total. The number of aromatic nitrogens is 2. The first-order valence-electron chi connectivity index (χ1n) is 8.21. The standard InChI is InChI=1S/C17H22N4O2S/c1-12-19-14(11-24-12)10-21-7-5-13(6-8-21)9-18-17(23)15-3-2-4-16(22)20-15/h2-4,11,13H,5-10H2,1H3,(H,18,23)(H,20,22). The van der Waals surface area contributed by atoms with Gasteiger partial charge < -0.3 is 10.3 Å². The molecule has 0 aromatic carbocycles. The molecule has 0 aliphatic carbocycles. The number of aromatic amines is 1. The molecule has 1 saturated heterocycles. The van der Waals surface area contributed by atoms with E-state index in [0.717, 1.165) is 43.2 Å². The van der Waals surface area contributed by atoms with Crippen LogP contribution in [0.3, 0.4) is 0 Å². The van der Waals surface area contributed by atoms with Crippen molar-refractivity contribution in [2.75, 3.05) is 19.6 Å². The Bertz CT molecular complexity index is 747. The third-order valence-electron chi connectivity index (χ3n) is 4.32. The summed E-state index contributed by atoms with van der Waals surface area (Å²) >= 11 is 1.69. The van der Waals surface area contributed by atoms with E-state index in [0.29, 0.717) is 18.2 Å². The maximum Gasteiger partial charge on any atom is 0.267 e. The van der Waals surface area contributed by atoms with Crippen LogP contribution in [0, 0.1) is 12.8 Å². The summed E-state index contributed by atoms with van der Waals surface area (Å²) in [5, 5.41) is 6.17. The molecule has 0 spiro atoms. The number of aryl methyl sites for hydroxylation is 1. The lowest BCUT2D eigenvalue weighted by Crippen LogP contribution is -2.38. The zero-order chi connectivity index (χ0) is 16.9. The second kappa shape index (κ2) is 7.72. The smallest absolute Gasteiger partial charge is 0.267 e. The maximum atomic E-state index is 12.0. The van der Waals surface area contributed by atoms with Crippen LogP contribution in [0.2, 0.25) is 0 Å². The fourth-order valence-electron chi connectivity index (χ4n) is 2.97. The van der Waals surface area contributed by atoms with E-state index in [9.17, 15) is 9.59 Å². The zero-order valence-corrected chi connectivity index (χ0v) is 14.6. The average Bonchev–Trinajstić information content (AvgIpc) is 2.99. The fourth-order valence-corrected chi connectivity index (χ4v) is 3.57. The molecule has 1 aliphatic rings. The number of piperidine rings is 1. The van der Waals surface area contributed by atoms with Crippen LogP contribution in [0.25, 0.3) is 0 Å². The van der Waals surface area contributed by atoms with E-state index in [-0.39, 0.29) is 11.5 Å². The molecule has 1 amide bonds. The SMILES string of the molecule is Cc1nc(CN2CCC(CNC(=O)c3cccc(=O)[nH]3)CC2)cs1. The summed E-state index contributed by atoms with van der Waals surface area (Å²) < 4.78 is 0. The highest BCUT2D eigenvalue weighted by molar-refractivity contribution is 7.09. The molecule has 1 fully saturated rings. The van der Waals surface area contributed by atoms with Crippen molar-refractivity contribution >= 4 is 17.2 Å². The summed E-state index contributed by atoms with van der Waals surface area (Å²) in [6.07, 6.45) is 2.13. The number of carbonyl (C=O) groups is 1. The minimum absolute atomic E-state index is 0.215. The van der Waals surface area contributed by atoms with Crippen LogP contribution in [0.4, 0.5) is 0 Å². The van der Waals surface area contributed by atoms with Crippen molar-refractivity contribution in [2.45, 2.75) is 26.3 Å². The van der Waals surface area contributed by atoms with Crippen molar-refractivity contribution in [3.63, 3.8) is 0 Å². The topological polar surface area (TPSA) is 78.1 Å². The predicted molar refractivity (Wildman–Crippen MR) is 94.2 cm³/mol. The molecule has 128 valence electrons. The van der Waals surface area contributed by atoms with Crippen LogP contribution in [0.1, 0.15) is 34.0 Å². The van der Waals surface area contributed by atoms with Gasteiger partial charge in [0, 0.05) is 24.5 Å². The van der Waals surface area contributed by atoms with E-state index < -0.39 is 0 Å². The van der Waals surface area contributed by atoms with Gasteiger partial charge in [-0.05, 0) is 44.8 Å². The zero-order valence-electron chi connectivity index (χ0n) is 13.7. The highest BCUT2D eigenvalue weighted by atomic mass is 32.1. The Morgan fingerprint density at radius 2 is 2.21 bits per heavy atom. The van der Waals surface area contributed by atoms with Crippen LogP contribution in [0.5, 0.6) is 0 Å². The number of pyridine rings is 1. The highest BCUT2D eigenvalue weighted by Gasteiger charge is 2.20. The summed E-state index contributed by atoms with van der Waals surface area (Å²) in [6.45, 7) is 5.65. The molecule has 0 radical (unpaired) electrons. The lowest BCUT2D eigenvalue weighted by atomic mass is 9.96. The quantitative estimate of drug-likeness (QED) is 0.865. The van der Waals surface area contributed by atoms with Gasteiger partial charge in [0.2, 0.25) is 5.56 Å². The van der Waals surface area contributed by atoms with Gasteiger partial charge >= 0.3 is 0 Å². The number of carbonyl (C=O) groups excluding carboxylic acids is 1. The van der Waals surface area contributed by atoms with Gasteiger partial charge in [-0.1, -0.05) is 6.07 Å². The van der Waals surface area contributed by atoms with Crippen LogP contribution in [-0.4, -0.2) is 40.4 Å².